The van der Waals surface area contributed by atoms with Gasteiger partial charge < -0.3 is 9.64 Å². The summed E-state index contributed by atoms with van der Waals surface area (Å²) in [6.45, 7) is 15.3. The number of rotatable bonds is 3. The van der Waals surface area contributed by atoms with Crippen molar-refractivity contribution in [2.24, 2.45) is 0 Å². The Balaban J connectivity index is 1.97. The molecule has 0 N–H and O–H groups in total. The van der Waals surface area contributed by atoms with Gasteiger partial charge in [0.15, 0.2) is 0 Å². The Hall–Kier alpha value is -1.56. The van der Waals surface area contributed by atoms with E-state index in [1.807, 2.05) is 36.5 Å². The van der Waals surface area contributed by atoms with Crippen LogP contribution in [-0.2, 0) is 17.8 Å². The van der Waals surface area contributed by atoms with Crippen molar-refractivity contribution in [3.63, 3.8) is 0 Å². The molecule has 0 unspecified atom stereocenters. The number of nitrogens with zero attached hydrogens (tertiary/aromatic N) is 4. The summed E-state index contributed by atoms with van der Waals surface area (Å²) in [5, 5.41) is 4.33. The second-order valence-electron chi connectivity index (χ2n) is 7.46. The Kier molecular flexibility index (Phi) is 5.34. The molecule has 0 bridgehead atoms. The molecule has 1 saturated heterocycles. The molecule has 1 aromatic heterocycles. The fourth-order valence-electron chi connectivity index (χ4n) is 2.89. The van der Waals surface area contributed by atoms with Crippen LogP contribution in [0.2, 0.25) is 0 Å². The number of aryl methyl sites for hydroxylation is 1. The van der Waals surface area contributed by atoms with Crippen molar-refractivity contribution in [1.29, 1.82) is 0 Å². The van der Waals surface area contributed by atoms with Gasteiger partial charge in [0.05, 0.1) is 6.20 Å². The SMILES string of the molecule is CCn1cc(CN2C[C@H](C)N(C(=O)OC(C)(C)C)C[C@H]2C)cn1. The Morgan fingerprint density at radius 2 is 2.00 bits per heavy atom. The highest BCUT2D eigenvalue weighted by atomic mass is 16.6. The zero-order valence-corrected chi connectivity index (χ0v) is 15.2. The van der Waals surface area contributed by atoms with Gasteiger partial charge in [-0.05, 0) is 41.5 Å². The first-order chi connectivity index (χ1) is 10.7. The number of carbonyl (C=O) groups is 1. The Morgan fingerprint density at radius 3 is 2.57 bits per heavy atom. The van der Waals surface area contributed by atoms with Gasteiger partial charge in [-0.15, -0.1) is 0 Å². The van der Waals surface area contributed by atoms with E-state index in [0.29, 0.717) is 12.6 Å². The van der Waals surface area contributed by atoms with Gasteiger partial charge in [0.1, 0.15) is 5.60 Å². The summed E-state index contributed by atoms with van der Waals surface area (Å²) >= 11 is 0. The fraction of sp³-hybridized carbons (Fsp3) is 0.765. The van der Waals surface area contributed by atoms with E-state index >= 15 is 0 Å². The average molecular weight is 322 g/mol. The minimum Gasteiger partial charge on any atom is -0.444 e. The fourth-order valence-corrected chi connectivity index (χ4v) is 2.89. The van der Waals surface area contributed by atoms with Crippen molar-refractivity contribution < 1.29 is 9.53 Å². The van der Waals surface area contributed by atoms with E-state index < -0.39 is 5.60 Å². The van der Waals surface area contributed by atoms with Crippen LogP contribution in [-0.4, -0.2) is 56.4 Å². The van der Waals surface area contributed by atoms with Gasteiger partial charge in [0.2, 0.25) is 0 Å². The van der Waals surface area contributed by atoms with Crippen LogP contribution in [0.25, 0.3) is 0 Å². The molecule has 6 heteroatoms. The van der Waals surface area contributed by atoms with Crippen molar-refractivity contribution in [2.45, 2.75) is 72.3 Å². The highest BCUT2D eigenvalue weighted by Gasteiger charge is 2.34. The van der Waals surface area contributed by atoms with Crippen molar-refractivity contribution in [3.8, 4) is 0 Å². The molecule has 2 atom stereocenters. The number of hydrogen-bond donors (Lipinski definition) is 0. The molecule has 0 saturated carbocycles. The van der Waals surface area contributed by atoms with Crippen LogP contribution in [0, 0.1) is 0 Å². The van der Waals surface area contributed by atoms with Crippen LogP contribution in [0.15, 0.2) is 12.4 Å². The van der Waals surface area contributed by atoms with Gasteiger partial charge in [0, 0.05) is 50.0 Å². The summed E-state index contributed by atoms with van der Waals surface area (Å²) in [6.07, 6.45) is 3.81. The minimum atomic E-state index is -0.452. The summed E-state index contributed by atoms with van der Waals surface area (Å²) in [5.74, 6) is 0. The van der Waals surface area contributed by atoms with Gasteiger partial charge >= 0.3 is 6.09 Å². The third kappa shape index (κ3) is 4.70. The molecule has 2 rings (SSSR count). The van der Waals surface area contributed by atoms with E-state index in [-0.39, 0.29) is 12.1 Å². The highest BCUT2D eigenvalue weighted by Crippen LogP contribution is 2.20. The van der Waals surface area contributed by atoms with Crippen LogP contribution < -0.4 is 0 Å². The Morgan fingerprint density at radius 1 is 1.30 bits per heavy atom. The van der Waals surface area contributed by atoms with E-state index in [2.05, 4.69) is 37.0 Å². The molecule has 0 aromatic carbocycles. The zero-order valence-electron chi connectivity index (χ0n) is 15.2. The molecular weight excluding hydrogens is 292 g/mol. The summed E-state index contributed by atoms with van der Waals surface area (Å²) in [7, 11) is 0. The summed E-state index contributed by atoms with van der Waals surface area (Å²) in [6, 6.07) is 0.436. The third-order valence-electron chi connectivity index (χ3n) is 4.14. The molecule has 0 aliphatic carbocycles. The van der Waals surface area contributed by atoms with Gasteiger partial charge in [-0.25, -0.2) is 4.79 Å². The second-order valence-corrected chi connectivity index (χ2v) is 7.46. The lowest BCUT2D eigenvalue weighted by molar-refractivity contribution is -0.0117. The summed E-state index contributed by atoms with van der Waals surface area (Å²) in [5.41, 5.74) is 0.767. The molecule has 0 spiro atoms. The molecular formula is C17H30N4O2. The molecule has 2 heterocycles. The normalized spacial score (nSPS) is 23.1. The van der Waals surface area contributed by atoms with E-state index in [4.69, 9.17) is 4.74 Å². The van der Waals surface area contributed by atoms with Crippen LogP contribution in [0.1, 0.15) is 47.1 Å². The molecule has 1 fully saturated rings. The Bertz CT molecular complexity index is 535. The molecule has 23 heavy (non-hydrogen) atoms. The molecule has 0 radical (unpaired) electrons. The van der Waals surface area contributed by atoms with E-state index in [0.717, 1.165) is 19.6 Å². The monoisotopic (exact) mass is 322 g/mol. The Labute approximate surface area is 139 Å². The first-order valence-electron chi connectivity index (χ1n) is 8.44. The molecule has 1 aliphatic heterocycles. The standard InChI is InChI=1S/C17H30N4O2/c1-7-20-12-15(8-18-20)11-19-9-14(3)21(10-13(19)2)16(22)23-17(4,5)6/h8,12-14H,7,9-11H2,1-6H3/t13-,14+/m1/s1. The maximum Gasteiger partial charge on any atom is 0.410 e. The number of hydrogen-bond acceptors (Lipinski definition) is 4. The maximum absolute atomic E-state index is 12.3. The maximum atomic E-state index is 12.3. The van der Waals surface area contributed by atoms with Crippen molar-refractivity contribution in [3.05, 3.63) is 18.0 Å². The van der Waals surface area contributed by atoms with Crippen LogP contribution >= 0.6 is 0 Å². The molecule has 1 amide bonds. The molecule has 1 aromatic rings. The second kappa shape index (κ2) is 6.91. The van der Waals surface area contributed by atoms with Crippen molar-refractivity contribution >= 4 is 6.09 Å². The molecule has 6 nitrogen and oxygen atoms in total. The van der Waals surface area contributed by atoms with Gasteiger partial charge in [0.25, 0.3) is 0 Å². The largest absolute Gasteiger partial charge is 0.444 e. The molecule has 130 valence electrons. The quantitative estimate of drug-likeness (QED) is 0.858. The molecule has 1 aliphatic rings. The van der Waals surface area contributed by atoms with E-state index in [1.54, 1.807) is 0 Å². The lowest BCUT2D eigenvalue weighted by Crippen LogP contribution is -2.58. The zero-order chi connectivity index (χ0) is 17.2. The smallest absolute Gasteiger partial charge is 0.410 e. The highest BCUT2D eigenvalue weighted by molar-refractivity contribution is 5.68. The minimum absolute atomic E-state index is 0.141. The lowest BCUT2D eigenvalue weighted by Gasteiger charge is -2.44. The predicted molar refractivity (Wildman–Crippen MR) is 90.2 cm³/mol. The number of ether oxygens (including phenoxy) is 1. The van der Waals surface area contributed by atoms with Gasteiger partial charge in [-0.2, -0.15) is 5.10 Å². The van der Waals surface area contributed by atoms with Crippen LogP contribution in [0.4, 0.5) is 4.79 Å². The van der Waals surface area contributed by atoms with Crippen LogP contribution in [0.5, 0.6) is 0 Å². The first kappa shape index (κ1) is 17.8. The first-order valence-corrected chi connectivity index (χ1v) is 8.44. The van der Waals surface area contributed by atoms with E-state index in [9.17, 15) is 4.79 Å². The summed E-state index contributed by atoms with van der Waals surface area (Å²) < 4.78 is 7.47. The topological polar surface area (TPSA) is 50.6 Å². The summed E-state index contributed by atoms with van der Waals surface area (Å²) in [4.78, 5) is 16.6. The van der Waals surface area contributed by atoms with Crippen molar-refractivity contribution in [2.75, 3.05) is 13.1 Å². The van der Waals surface area contributed by atoms with Gasteiger partial charge in [-0.1, -0.05) is 0 Å². The van der Waals surface area contributed by atoms with Crippen LogP contribution in [0.3, 0.4) is 0 Å². The lowest BCUT2D eigenvalue weighted by atomic mass is 10.1. The number of piperazine rings is 1. The number of amides is 1. The number of aromatic nitrogens is 2. The van der Waals surface area contributed by atoms with E-state index in [1.165, 1.54) is 5.56 Å². The third-order valence-corrected chi connectivity index (χ3v) is 4.14. The van der Waals surface area contributed by atoms with Crippen molar-refractivity contribution in [1.82, 2.24) is 19.6 Å². The predicted octanol–water partition coefficient (Wildman–Crippen LogP) is 2.73. The van der Waals surface area contributed by atoms with Gasteiger partial charge in [-0.3, -0.25) is 9.58 Å². The number of carbonyl (C=O) groups excluding carboxylic acids is 1. The average Bonchev–Trinajstić information content (AvgIpc) is 2.88.